The quantitative estimate of drug-likeness (QED) is 0.836. The van der Waals surface area contributed by atoms with Crippen LogP contribution in [0.5, 0.6) is 0 Å². The molecule has 6 heteroatoms. The van der Waals surface area contributed by atoms with Crippen LogP contribution in [0.3, 0.4) is 0 Å². The summed E-state index contributed by atoms with van der Waals surface area (Å²) in [5, 5.41) is 8.91. The number of nitrogens with one attached hydrogen (secondary N) is 1. The molecule has 0 saturated carbocycles. The fourth-order valence-electron chi connectivity index (χ4n) is 1.32. The molecule has 0 amide bonds. The number of carbonyl (C=O) groups is 1. The molecule has 2 aromatic rings. The highest BCUT2D eigenvalue weighted by molar-refractivity contribution is 9.10. The Morgan fingerprint density at radius 1 is 1.35 bits per heavy atom. The van der Waals surface area contributed by atoms with Crippen molar-refractivity contribution in [1.29, 1.82) is 0 Å². The van der Waals surface area contributed by atoms with Gasteiger partial charge in [-0.05, 0) is 12.1 Å². The molecule has 0 saturated heterocycles. The van der Waals surface area contributed by atoms with E-state index in [4.69, 9.17) is 17.3 Å². The van der Waals surface area contributed by atoms with Gasteiger partial charge < -0.3 is 10.1 Å². The Hall–Kier alpha value is -1.53. The van der Waals surface area contributed by atoms with E-state index in [2.05, 4.69) is 25.9 Å². The van der Waals surface area contributed by atoms with Crippen LogP contribution in [-0.2, 0) is 0 Å². The predicted octanol–water partition coefficient (Wildman–Crippen LogP) is 3.27. The second-order valence-electron chi connectivity index (χ2n) is 3.29. The Kier molecular flexibility index (Phi) is 3.35. The van der Waals surface area contributed by atoms with Crippen LogP contribution < -0.4 is 0 Å². The average molecular weight is 311 g/mol. The van der Waals surface area contributed by atoms with Crippen molar-refractivity contribution in [3.05, 3.63) is 45.1 Å². The highest BCUT2D eigenvalue weighted by Gasteiger charge is 2.07. The Morgan fingerprint density at radius 3 is 2.59 bits per heavy atom. The Bertz CT molecular complexity index is 622. The smallest absolute Gasteiger partial charge is 0.352 e. The number of aromatic carboxylic acids is 1. The fraction of sp³-hybridized carbons (Fsp3) is 0. The zero-order valence-corrected chi connectivity index (χ0v) is 10.9. The molecule has 4 nitrogen and oxygen atoms in total. The van der Waals surface area contributed by atoms with Crippen LogP contribution in [0.2, 0.25) is 0 Å². The standard InChI is InChI=1S/C11H7BrN2O2S/c12-7-3-1-6(2-4-7)10-13-8(11(15)16)5-9(17)14-10/h1-5H,(H,15,16)(H,13,14,17). The summed E-state index contributed by atoms with van der Waals surface area (Å²) in [5.41, 5.74) is 0.810. The van der Waals surface area contributed by atoms with Crippen molar-refractivity contribution in [2.24, 2.45) is 0 Å². The maximum Gasteiger partial charge on any atom is 0.352 e. The number of halogens is 1. The molecule has 86 valence electrons. The monoisotopic (exact) mass is 310 g/mol. The van der Waals surface area contributed by atoms with E-state index >= 15 is 0 Å². The third-order valence-corrected chi connectivity index (χ3v) is 2.83. The van der Waals surface area contributed by atoms with E-state index in [0.717, 1.165) is 10.0 Å². The van der Waals surface area contributed by atoms with Gasteiger partial charge in [-0.15, -0.1) is 0 Å². The van der Waals surface area contributed by atoms with E-state index in [1.807, 2.05) is 24.3 Å². The molecule has 0 unspecified atom stereocenters. The molecule has 0 atom stereocenters. The number of hydrogen-bond donors (Lipinski definition) is 2. The summed E-state index contributed by atoms with van der Waals surface area (Å²) in [6.07, 6.45) is 0. The van der Waals surface area contributed by atoms with Gasteiger partial charge in [0, 0.05) is 16.1 Å². The first-order valence-electron chi connectivity index (χ1n) is 4.67. The first kappa shape index (κ1) is 11.9. The third-order valence-electron chi connectivity index (χ3n) is 2.09. The van der Waals surface area contributed by atoms with Crippen molar-refractivity contribution < 1.29 is 9.90 Å². The van der Waals surface area contributed by atoms with E-state index in [-0.39, 0.29) is 10.3 Å². The summed E-state index contributed by atoms with van der Waals surface area (Å²) in [7, 11) is 0. The van der Waals surface area contributed by atoms with Gasteiger partial charge in [-0.25, -0.2) is 9.78 Å². The van der Waals surface area contributed by atoms with Crippen molar-refractivity contribution in [3.63, 3.8) is 0 Å². The molecule has 0 radical (unpaired) electrons. The van der Waals surface area contributed by atoms with Crippen LogP contribution in [0.1, 0.15) is 10.5 Å². The van der Waals surface area contributed by atoms with Crippen molar-refractivity contribution in [2.45, 2.75) is 0 Å². The Labute approximate surface area is 110 Å². The number of rotatable bonds is 2. The van der Waals surface area contributed by atoms with Crippen molar-refractivity contribution >= 4 is 34.1 Å². The van der Waals surface area contributed by atoms with E-state index in [1.54, 1.807) is 0 Å². The maximum atomic E-state index is 10.9. The van der Waals surface area contributed by atoms with Gasteiger partial charge in [0.1, 0.15) is 16.2 Å². The summed E-state index contributed by atoms with van der Waals surface area (Å²) in [6, 6.07) is 8.66. The van der Waals surface area contributed by atoms with Crippen LogP contribution >= 0.6 is 28.1 Å². The van der Waals surface area contributed by atoms with Crippen molar-refractivity contribution in [2.75, 3.05) is 0 Å². The molecule has 0 aliphatic carbocycles. The van der Waals surface area contributed by atoms with Crippen LogP contribution in [0.25, 0.3) is 11.4 Å². The lowest BCUT2D eigenvalue weighted by Crippen LogP contribution is -2.03. The minimum Gasteiger partial charge on any atom is -0.477 e. The lowest BCUT2D eigenvalue weighted by Gasteiger charge is -2.03. The van der Waals surface area contributed by atoms with Gasteiger partial charge in [0.15, 0.2) is 0 Å². The molecular weight excluding hydrogens is 304 g/mol. The van der Waals surface area contributed by atoms with Gasteiger partial charge >= 0.3 is 5.97 Å². The Morgan fingerprint density at radius 2 is 2.00 bits per heavy atom. The van der Waals surface area contributed by atoms with Gasteiger partial charge in [0.2, 0.25) is 0 Å². The lowest BCUT2D eigenvalue weighted by molar-refractivity contribution is 0.0690. The summed E-state index contributed by atoms with van der Waals surface area (Å²) in [6.45, 7) is 0. The van der Waals surface area contributed by atoms with Crippen molar-refractivity contribution in [1.82, 2.24) is 9.97 Å². The number of aromatic amines is 1. The fourth-order valence-corrected chi connectivity index (χ4v) is 1.79. The number of carboxylic acid groups (broad SMARTS) is 1. The second-order valence-corrected chi connectivity index (χ2v) is 4.63. The molecule has 2 N–H and O–H groups in total. The molecular formula is C11H7BrN2O2S. The van der Waals surface area contributed by atoms with Crippen molar-refractivity contribution in [3.8, 4) is 11.4 Å². The minimum atomic E-state index is -1.06. The topological polar surface area (TPSA) is 66.0 Å². The van der Waals surface area contributed by atoms with Crippen LogP contribution in [0.4, 0.5) is 0 Å². The largest absolute Gasteiger partial charge is 0.477 e. The summed E-state index contributed by atoms with van der Waals surface area (Å²) in [5.74, 6) is -0.612. The minimum absolute atomic E-state index is 0.0305. The number of benzene rings is 1. The third kappa shape index (κ3) is 2.78. The highest BCUT2D eigenvalue weighted by atomic mass is 79.9. The van der Waals surface area contributed by atoms with E-state index < -0.39 is 5.97 Å². The summed E-state index contributed by atoms with van der Waals surface area (Å²) < 4.78 is 1.19. The van der Waals surface area contributed by atoms with Crippen LogP contribution in [-0.4, -0.2) is 21.0 Å². The molecule has 2 rings (SSSR count). The molecule has 0 aliphatic heterocycles. The lowest BCUT2D eigenvalue weighted by atomic mass is 10.2. The van der Waals surface area contributed by atoms with Gasteiger partial charge in [-0.3, -0.25) is 0 Å². The molecule has 17 heavy (non-hydrogen) atoms. The zero-order chi connectivity index (χ0) is 12.4. The van der Waals surface area contributed by atoms with Gasteiger partial charge in [0.05, 0.1) is 0 Å². The number of H-pyrrole nitrogens is 1. The first-order chi connectivity index (χ1) is 8.06. The SMILES string of the molecule is O=C(O)c1cc(=S)nc(-c2ccc(Br)cc2)[nH]1. The predicted molar refractivity (Wildman–Crippen MR) is 69.5 cm³/mol. The maximum absolute atomic E-state index is 10.9. The molecule has 1 heterocycles. The van der Waals surface area contributed by atoms with Gasteiger partial charge in [-0.2, -0.15) is 0 Å². The first-order valence-corrected chi connectivity index (χ1v) is 5.87. The number of hydrogen-bond acceptors (Lipinski definition) is 3. The van der Waals surface area contributed by atoms with Crippen LogP contribution in [0.15, 0.2) is 34.8 Å². The average Bonchev–Trinajstić information content (AvgIpc) is 2.29. The summed E-state index contributed by atoms with van der Waals surface area (Å²) in [4.78, 5) is 17.7. The van der Waals surface area contributed by atoms with E-state index in [0.29, 0.717) is 5.82 Å². The van der Waals surface area contributed by atoms with Gasteiger partial charge in [-0.1, -0.05) is 40.3 Å². The van der Waals surface area contributed by atoms with E-state index in [1.165, 1.54) is 6.07 Å². The van der Waals surface area contributed by atoms with E-state index in [9.17, 15) is 4.79 Å². The molecule has 0 fully saturated rings. The number of carboxylic acids is 1. The number of aromatic nitrogens is 2. The zero-order valence-electron chi connectivity index (χ0n) is 8.48. The molecule has 0 spiro atoms. The summed E-state index contributed by atoms with van der Waals surface area (Å²) >= 11 is 8.25. The Balaban J connectivity index is 2.55. The molecule has 1 aromatic heterocycles. The number of nitrogens with zero attached hydrogens (tertiary/aromatic N) is 1. The normalized spacial score (nSPS) is 10.2. The van der Waals surface area contributed by atoms with Crippen LogP contribution in [0, 0.1) is 4.64 Å². The molecule has 0 bridgehead atoms. The highest BCUT2D eigenvalue weighted by Crippen LogP contribution is 2.18. The molecule has 1 aromatic carbocycles. The molecule has 0 aliphatic rings. The van der Waals surface area contributed by atoms with Gasteiger partial charge in [0.25, 0.3) is 0 Å². The second kappa shape index (κ2) is 4.77.